The SMILES string of the molecule is [B]c1cc(O)c(C2CC2)cc1C. The average Bonchev–Trinajstić information content (AvgIpc) is 2.79. The van der Waals surface area contributed by atoms with Crippen LogP contribution in [0.1, 0.15) is 29.9 Å². The lowest BCUT2D eigenvalue weighted by Gasteiger charge is -2.06. The van der Waals surface area contributed by atoms with Crippen LogP contribution in [0.15, 0.2) is 12.1 Å². The highest BCUT2D eigenvalue weighted by molar-refractivity contribution is 6.33. The normalized spacial score (nSPS) is 16.4. The van der Waals surface area contributed by atoms with Crippen LogP contribution in [0, 0.1) is 6.92 Å². The maximum Gasteiger partial charge on any atom is 0.118 e. The number of aryl methyl sites for hydroxylation is 1. The highest BCUT2D eigenvalue weighted by Gasteiger charge is 2.26. The Bertz CT molecular complexity index is 316. The number of hydrogen-bond donors (Lipinski definition) is 1. The molecule has 0 amide bonds. The fourth-order valence-corrected chi connectivity index (χ4v) is 1.46. The molecule has 1 nitrogen and oxygen atoms in total. The van der Waals surface area contributed by atoms with E-state index in [2.05, 4.69) is 0 Å². The van der Waals surface area contributed by atoms with Gasteiger partial charge in [-0.2, -0.15) is 0 Å². The number of rotatable bonds is 1. The maximum atomic E-state index is 9.55. The second kappa shape index (κ2) is 2.54. The minimum Gasteiger partial charge on any atom is -0.508 e. The van der Waals surface area contributed by atoms with Crippen molar-refractivity contribution in [2.24, 2.45) is 0 Å². The van der Waals surface area contributed by atoms with E-state index in [0.29, 0.717) is 17.1 Å². The highest BCUT2D eigenvalue weighted by Crippen LogP contribution is 2.43. The van der Waals surface area contributed by atoms with Gasteiger partial charge in [0.1, 0.15) is 13.6 Å². The van der Waals surface area contributed by atoms with Gasteiger partial charge >= 0.3 is 0 Å². The molecule has 1 aromatic carbocycles. The van der Waals surface area contributed by atoms with Crippen LogP contribution in [0.4, 0.5) is 0 Å². The van der Waals surface area contributed by atoms with Crippen LogP contribution >= 0.6 is 0 Å². The van der Waals surface area contributed by atoms with Gasteiger partial charge in [0, 0.05) is 0 Å². The first-order chi connectivity index (χ1) is 5.68. The zero-order valence-corrected chi connectivity index (χ0v) is 7.17. The van der Waals surface area contributed by atoms with Gasteiger partial charge in [0.15, 0.2) is 0 Å². The van der Waals surface area contributed by atoms with Gasteiger partial charge in [0.05, 0.1) is 0 Å². The van der Waals surface area contributed by atoms with Crippen molar-refractivity contribution in [3.63, 3.8) is 0 Å². The van der Waals surface area contributed by atoms with Crippen molar-refractivity contribution < 1.29 is 5.11 Å². The third-order valence-electron chi connectivity index (χ3n) is 2.43. The molecule has 0 aliphatic heterocycles. The van der Waals surface area contributed by atoms with Gasteiger partial charge in [0.25, 0.3) is 0 Å². The molecular formula is C10H11BO. The second-order valence-corrected chi connectivity index (χ2v) is 3.54. The number of aromatic hydroxyl groups is 1. The summed E-state index contributed by atoms with van der Waals surface area (Å²) >= 11 is 0. The largest absolute Gasteiger partial charge is 0.508 e. The first-order valence-electron chi connectivity index (χ1n) is 4.27. The summed E-state index contributed by atoms with van der Waals surface area (Å²) in [6, 6.07) is 3.66. The number of phenols is 1. The summed E-state index contributed by atoms with van der Waals surface area (Å²) in [5.41, 5.74) is 2.81. The van der Waals surface area contributed by atoms with Crippen LogP contribution in [-0.2, 0) is 0 Å². The predicted octanol–water partition coefficient (Wildman–Crippen LogP) is 1.37. The third-order valence-corrected chi connectivity index (χ3v) is 2.43. The Labute approximate surface area is 73.8 Å². The van der Waals surface area contributed by atoms with Crippen molar-refractivity contribution in [1.29, 1.82) is 0 Å². The Morgan fingerprint density at radius 2 is 2.08 bits per heavy atom. The second-order valence-electron chi connectivity index (χ2n) is 3.54. The van der Waals surface area contributed by atoms with Crippen LogP contribution in [0.3, 0.4) is 0 Å². The van der Waals surface area contributed by atoms with E-state index in [4.69, 9.17) is 7.85 Å². The van der Waals surface area contributed by atoms with Crippen molar-refractivity contribution in [2.45, 2.75) is 25.7 Å². The number of hydrogen-bond acceptors (Lipinski definition) is 1. The summed E-state index contributed by atoms with van der Waals surface area (Å²) in [6.45, 7) is 1.97. The Hall–Kier alpha value is -0.915. The van der Waals surface area contributed by atoms with Crippen LogP contribution < -0.4 is 5.46 Å². The highest BCUT2D eigenvalue weighted by atomic mass is 16.3. The van der Waals surface area contributed by atoms with Gasteiger partial charge in [-0.3, -0.25) is 0 Å². The molecule has 1 aliphatic carbocycles. The van der Waals surface area contributed by atoms with Crippen LogP contribution in [0.2, 0.25) is 0 Å². The lowest BCUT2D eigenvalue weighted by molar-refractivity contribution is 0.468. The topological polar surface area (TPSA) is 20.2 Å². The molecule has 0 aromatic heterocycles. The molecule has 1 aromatic rings. The smallest absolute Gasteiger partial charge is 0.118 e. The first kappa shape index (κ1) is 7.72. The minimum atomic E-state index is 0.362. The Balaban J connectivity index is 2.47. The summed E-state index contributed by atoms with van der Waals surface area (Å²) < 4.78 is 0. The molecule has 1 N–H and O–H groups in total. The summed E-state index contributed by atoms with van der Waals surface area (Å²) in [4.78, 5) is 0. The van der Waals surface area contributed by atoms with Gasteiger partial charge in [-0.25, -0.2) is 0 Å². The lowest BCUT2D eigenvalue weighted by atomic mass is 9.89. The molecule has 0 atom stereocenters. The Morgan fingerprint density at radius 1 is 1.42 bits per heavy atom. The van der Waals surface area contributed by atoms with Gasteiger partial charge < -0.3 is 5.11 Å². The van der Waals surface area contributed by atoms with E-state index in [1.165, 1.54) is 12.8 Å². The summed E-state index contributed by atoms with van der Waals surface area (Å²) in [7, 11) is 5.65. The molecule has 60 valence electrons. The summed E-state index contributed by atoms with van der Waals surface area (Å²) in [5, 5.41) is 9.55. The zero-order valence-electron chi connectivity index (χ0n) is 7.17. The Morgan fingerprint density at radius 3 is 2.67 bits per heavy atom. The molecule has 1 aliphatic rings. The molecule has 2 heteroatoms. The molecule has 0 unspecified atom stereocenters. The molecule has 1 fully saturated rings. The van der Waals surface area contributed by atoms with E-state index in [9.17, 15) is 5.11 Å². The molecule has 0 saturated heterocycles. The van der Waals surface area contributed by atoms with Gasteiger partial charge in [-0.05, 0) is 37.3 Å². The van der Waals surface area contributed by atoms with Crippen molar-refractivity contribution in [3.05, 3.63) is 23.3 Å². The standard InChI is InChI=1S/C10H11BO/c1-6-4-8(7-2-3-7)10(12)5-9(6)11/h4-5,7,12H,2-3H2,1H3. The van der Waals surface area contributed by atoms with Crippen molar-refractivity contribution in [1.82, 2.24) is 0 Å². The first-order valence-corrected chi connectivity index (χ1v) is 4.27. The number of phenolic OH excluding ortho intramolecular Hbond substituents is 1. The molecular weight excluding hydrogens is 147 g/mol. The molecule has 0 bridgehead atoms. The van der Waals surface area contributed by atoms with E-state index in [1.54, 1.807) is 6.07 Å². The van der Waals surface area contributed by atoms with E-state index in [1.807, 2.05) is 13.0 Å². The summed E-state index contributed by atoms with van der Waals surface area (Å²) in [5.74, 6) is 0.949. The van der Waals surface area contributed by atoms with Gasteiger partial charge in [-0.1, -0.05) is 17.1 Å². The fourth-order valence-electron chi connectivity index (χ4n) is 1.46. The zero-order chi connectivity index (χ0) is 8.72. The lowest BCUT2D eigenvalue weighted by Crippen LogP contribution is -2.07. The third kappa shape index (κ3) is 1.22. The van der Waals surface area contributed by atoms with Crippen LogP contribution in [0.5, 0.6) is 5.75 Å². The average molecular weight is 158 g/mol. The predicted molar refractivity (Wildman–Crippen MR) is 50.2 cm³/mol. The van der Waals surface area contributed by atoms with E-state index < -0.39 is 0 Å². The summed E-state index contributed by atoms with van der Waals surface area (Å²) in [6.07, 6.45) is 2.41. The van der Waals surface area contributed by atoms with Crippen molar-refractivity contribution >= 4 is 13.3 Å². The molecule has 12 heavy (non-hydrogen) atoms. The molecule has 2 rings (SSSR count). The van der Waals surface area contributed by atoms with E-state index in [-0.39, 0.29) is 0 Å². The van der Waals surface area contributed by atoms with E-state index >= 15 is 0 Å². The van der Waals surface area contributed by atoms with Crippen molar-refractivity contribution in [3.8, 4) is 5.75 Å². The molecule has 0 heterocycles. The van der Waals surface area contributed by atoms with Crippen LogP contribution in [-0.4, -0.2) is 13.0 Å². The monoisotopic (exact) mass is 158 g/mol. The fraction of sp³-hybridized carbons (Fsp3) is 0.400. The number of benzene rings is 1. The molecule has 2 radical (unpaired) electrons. The van der Waals surface area contributed by atoms with Crippen LogP contribution in [0.25, 0.3) is 0 Å². The maximum absolute atomic E-state index is 9.55. The molecule has 1 saturated carbocycles. The van der Waals surface area contributed by atoms with E-state index in [0.717, 1.165) is 11.1 Å². The Kier molecular flexibility index (Phi) is 1.64. The molecule has 0 spiro atoms. The van der Waals surface area contributed by atoms with Gasteiger partial charge in [-0.15, -0.1) is 0 Å². The van der Waals surface area contributed by atoms with Crippen molar-refractivity contribution in [2.75, 3.05) is 0 Å². The quantitative estimate of drug-likeness (QED) is 0.612. The van der Waals surface area contributed by atoms with Gasteiger partial charge in [0.2, 0.25) is 0 Å². The minimum absolute atomic E-state index is 0.362.